The summed E-state index contributed by atoms with van der Waals surface area (Å²) in [7, 11) is 0. The minimum Gasteiger partial charge on any atom is -0.368 e. The van der Waals surface area contributed by atoms with Crippen LogP contribution in [0.5, 0.6) is 0 Å². The molecule has 1 saturated heterocycles. The molecule has 32 heavy (non-hydrogen) atoms. The van der Waals surface area contributed by atoms with Gasteiger partial charge in [-0.15, -0.1) is 11.3 Å². The summed E-state index contributed by atoms with van der Waals surface area (Å²) in [5, 5.41) is 0.555. The van der Waals surface area contributed by atoms with Crippen molar-refractivity contribution in [2.24, 2.45) is 0 Å². The van der Waals surface area contributed by atoms with Crippen LogP contribution in [0.4, 0.5) is 5.69 Å². The normalized spacial score (nSPS) is 14.2. The lowest BCUT2D eigenvalue weighted by molar-refractivity contribution is 0.0751. The number of benzene rings is 2. The van der Waals surface area contributed by atoms with Crippen LogP contribution in [0.2, 0.25) is 0 Å². The Hall–Kier alpha value is -3.45. The highest BCUT2D eigenvalue weighted by Crippen LogP contribution is 2.28. The molecule has 0 radical (unpaired) electrons. The minimum absolute atomic E-state index is 0.00720. The molecule has 1 aliphatic heterocycles. The first-order valence-corrected chi connectivity index (χ1v) is 11.5. The van der Waals surface area contributed by atoms with Gasteiger partial charge >= 0.3 is 0 Å². The molecule has 1 amide bonds. The number of rotatable bonds is 4. The minimum atomic E-state index is -0.0967. The van der Waals surface area contributed by atoms with Crippen molar-refractivity contribution < 1.29 is 4.79 Å². The van der Waals surface area contributed by atoms with Gasteiger partial charge in [-0.2, -0.15) is 0 Å². The smallest absolute Gasteiger partial charge is 0.264 e. The van der Waals surface area contributed by atoms with E-state index in [0.29, 0.717) is 34.7 Å². The lowest BCUT2D eigenvalue weighted by Gasteiger charge is -2.36. The fourth-order valence-corrected chi connectivity index (χ4v) is 5.31. The van der Waals surface area contributed by atoms with Gasteiger partial charge < -0.3 is 9.80 Å². The molecule has 0 atom stereocenters. The van der Waals surface area contributed by atoms with Gasteiger partial charge in [0.05, 0.1) is 23.1 Å². The largest absolute Gasteiger partial charge is 0.368 e. The van der Waals surface area contributed by atoms with Crippen molar-refractivity contribution in [1.29, 1.82) is 0 Å². The molecule has 0 spiro atoms. The van der Waals surface area contributed by atoms with Gasteiger partial charge in [0.15, 0.2) is 0 Å². The summed E-state index contributed by atoms with van der Waals surface area (Å²) in [5.74, 6) is -0.00720. The number of anilines is 1. The summed E-state index contributed by atoms with van der Waals surface area (Å²) < 4.78 is 1.62. The number of hydrogen-bond acceptors (Lipinski definition) is 5. The van der Waals surface area contributed by atoms with E-state index in [1.165, 1.54) is 17.0 Å². The summed E-state index contributed by atoms with van der Waals surface area (Å²) in [6.45, 7) is 5.23. The molecule has 3 heterocycles. The van der Waals surface area contributed by atoms with Gasteiger partial charge in [0.2, 0.25) is 0 Å². The first-order chi connectivity index (χ1) is 15.6. The van der Waals surface area contributed by atoms with E-state index >= 15 is 0 Å². The lowest BCUT2D eigenvalue weighted by atomic mass is 10.1. The van der Waals surface area contributed by atoms with Gasteiger partial charge in [0.1, 0.15) is 4.83 Å². The predicted molar refractivity (Wildman–Crippen MR) is 129 cm³/mol. The Morgan fingerprint density at radius 3 is 2.31 bits per heavy atom. The van der Waals surface area contributed by atoms with Gasteiger partial charge in [0.25, 0.3) is 11.5 Å². The Morgan fingerprint density at radius 2 is 1.62 bits per heavy atom. The van der Waals surface area contributed by atoms with Gasteiger partial charge in [-0.05, 0) is 30.2 Å². The Kier molecular flexibility index (Phi) is 5.49. The number of nitrogens with zero attached hydrogens (tertiary/aromatic N) is 4. The number of para-hydroxylation sites is 1. The van der Waals surface area contributed by atoms with E-state index in [0.717, 1.165) is 24.2 Å². The molecular formula is C25H24N4O2S. The summed E-state index contributed by atoms with van der Waals surface area (Å²) in [5.41, 5.74) is 2.86. The van der Waals surface area contributed by atoms with Crippen molar-refractivity contribution >= 4 is 33.1 Å². The third-order valence-electron chi connectivity index (χ3n) is 6.00. The molecule has 2 aromatic heterocycles. The SMILES string of the molecule is Cc1c(C(=O)N2CCN(c3ccccc3)CC2)sc2ncn(Cc3ccccc3)c(=O)c12. The van der Waals surface area contributed by atoms with Crippen molar-refractivity contribution in [3.63, 3.8) is 0 Å². The van der Waals surface area contributed by atoms with Crippen LogP contribution < -0.4 is 10.5 Å². The Balaban J connectivity index is 1.37. The first-order valence-electron chi connectivity index (χ1n) is 10.7. The van der Waals surface area contributed by atoms with Crippen LogP contribution in [-0.4, -0.2) is 46.5 Å². The lowest BCUT2D eigenvalue weighted by Crippen LogP contribution is -2.48. The van der Waals surface area contributed by atoms with Crippen LogP contribution in [0, 0.1) is 6.92 Å². The zero-order chi connectivity index (χ0) is 22.1. The predicted octanol–water partition coefficient (Wildman–Crippen LogP) is 3.78. The molecule has 6 nitrogen and oxygen atoms in total. The number of fused-ring (bicyclic) bond motifs is 1. The molecule has 7 heteroatoms. The topological polar surface area (TPSA) is 58.4 Å². The van der Waals surface area contributed by atoms with E-state index in [2.05, 4.69) is 22.0 Å². The van der Waals surface area contributed by atoms with Crippen LogP contribution in [-0.2, 0) is 6.54 Å². The number of thiophene rings is 1. The fraction of sp³-hybridized carbons (Fsp3) is 0.240. The highest BCUT2D eigenvalue weighted by atomic mass is 32.1. The number of hydrogen-bond donors (Lipinski definition) is 0. The maximum atomic E-state index is 13.3. The molecule has 0 unspecified atom stereocenters. The van der Waals surface area contributed by atoms with E-state index in [-0.39, 0.29) is 11.5 Å². The highest BCUT2D eigenvalue weighted by molar-refractivity contribution is 7.20. The molecule has 0 saturated carbocycles. The Morgan fingerprint density at radius 1 is 0.969 bits per heavy atom. The second-order valence-corrected chi connectivity index (χ2v) is 9.01. The summed E-state index contributed by atoms with van der Waals surface area (Å²) in [4.78, 5) is 36.4. The number of amides is 1. The Labute approximate surface area is 190 Å². The Bertz CT molecular complexity index is 1310. The van der Waals surface area contributed by atoms with E-state index < -0.39 is 0 Å². The molecule has 0 aliphatic carbocycles. The van der Waals surface area contributed by atoms with Crippen molar-refractivity contribution in [2.45, 2.75) is 13.5 Å². The second kappa shape index (κ2) is 8.59. The third kappa shape index (κ3) is 3.80. The van der Waals surface area contributed by atoms with Crippen LogP contribution in [0.3, 0.4) is 0 Å². The molecule has 162 valence electrons. The van der Waals surface area contributed by atoms with Crippen LogP contribution in [0.15, 0.2) is 71.8 Å². The van der Waals surface area contributed by atoms with Gasteiger partial charge in [0, 0.05) is 31.9 Å². The third-order valence-corrected chi connectivity index (χ3v) is 7.18. The van der Waals surface area contributed by atoms with E-state index in [1.807, 2.05) is 60.4 Å². The zero-order valence-corrected chi connectivity index (χ0v) is 18.7. The first kappa shape index (κ1) is 20.5. The molecule has 4 aromatic rings. The van der Waals surface area contributed by atoms with Crippen molar-refractivity contribution in [1.82, 2.24) is 14.5 Å². The monoisotopic (exact) mass is 444 g/mol. The maximum absolute atomic E-state index is 13.3. The van der Waals surface area contributed by atoms with E-state index in [9.17, 15) is 9.59 Å². The second-order valence-electron chi connectivity index (χ2n) is 8.01. The average molecular weight is 445 g/mol. The molecule has 1 aliphatic rings. The molecule has 0 bridgehead atoms. The molecule has 0 N–H and O–H groups in total. The number of carbonyl (C=O) groups excluding carboxylic acids is 1. The summed E-state index contributed by atoms with van der Waals surface area (Å²) in [6.07, 6.45) is 1.58. The quantitative estimate of drug-likeness (QED) is 0.481. The summed E-state index contributed by atoms with van der Waals surface area (Å²) in [6, 6.07) is 20.1. The van der Waals surface area contributed by atoms with Gasteiger partial charge in [-0.1, -0.05) is 48.5 Å². The van der Waals surface area contributed by atoms with Gasteiger partial charge in [-0.3, -0.25) is 14.2 Å². The zero-order valence-electron chi connectivity index (χ0n) is 17.9. The average Bonchev–Trinajstić information content (AvgIpc) is 3.19. The molecule has 2 aromatic carbocycles. The van der Waals surface area contributed by atoms with Crippen molar-refractivity contribution in [2.75, 3.05) is 31.1 Å². The number of aromatic nitrogens is 2. The standard InChI is InChI=1S/C25H24N4O2S/c1-18-21-23(26-17-29(24(21)30)16-19-8-4-2-5-9-19)32-22(18)25(31)28-14-12-27(13-15-28)20-10-6-3-7-11-20/h2-11,17H,12-16H2,1H3. The van der Waals surface area contributed by atoms with E-state index in [1.54, 1.807) is 10.9 Å². The van der Waals surface area contributed by atoms with Crippen molar-refractivity contribution in [3.8, 4) is 0 Å². The van der Waals surface area contributed by atoms with E-state index in [4.69, 9.17) is 0 Å². The van der Waals surface area contributed by atoms with Crippen molar-refractivity contribution in [3.05, 3.63) is 93.3 Å². The van der Waals surface area contributed by atoms with Gasteiger partial charge in [-0.25, -0.2) is 4.98 Å². The fourth-order valence-electron chi connectivity index (χ4n) is 4.21. The van der Waals surface area contributed by atoms with Crippen LogP contribution in [0.1, 0.15) is 20.8 Å². The van der Waals surface area contributed by atoms with Crippen LogP contribution in [0.25, 0.3) is 10.2 Å². The number of piperazine rings is 1. The molecular weight excluding hydrogens is 420 g/mol. The number of carbonyl (C=O) groups is 1. The summed E-state index contributed by atoms with van der Waals surface area (Å²) >= 11 is 1.32. The molecule has 1 fully saturated rings. The number of aryl methyl sites for hydroxylation is 1. The van der Waals surface area contributed by atoms with Crippen LogP contribution >= 0.6 is 11.3 Å². The maximum Gasteiger partial charge on any atom is 0.264 e. The molecule has 5 rings (SSSR count). The highest BCUT2D eigenvalue weighted by Gasteiger charge is 2.26.